The minimum absolute atomic E-state index is 0.109. The van der Waals surface area contributed by atoms with Crippen LogP contribution in [-0.4, -0.2) is 41.1 Å². The van der Waals surface area contributed by atoms with Crippen molar-refractivity contribution in [2.24, 2.45) is 5.92 Å². The van der Waals surface area contributed by atoms with Crippen LogP contribution in [0.2, 0.25) is 0 Å². The number of nitrogens with zero attached hydrogens (tertiary/aromatic N) is 3. The van der Waals surface area contributed by atoms with Crippen LogP contribution in [0.5, 0.6) is 0 Å². The predicted molar refractivity (Wildman–Crippen MR) is 88.4 cm³/mol. The average molecular weight is 327 g/mol. The molecule has 2 unspecified atom stereocenters. The lowest BCUT2D eigenvalue weighted by Gasteiger charge is -2.33. The summed E-state index contributed by atoms with van der Waals surface area (Å²) in [6.07, 6.45) is 2.12. The molecular formula is C18H21N3O3. The molecule has 2 fully saturated rings. The first-order valence-corrected chi connectivity index (χ1v) is 8.13. The quantitative estimate of drug-likeness (QED) is 0.843. The summed E-state index contributed by atoms with van der Waals surface area (Å²) in [5, 5.41) is 18.8. The first-order valence-electron chi connectivity index (χ1n) is 8.13. The molecule has 1 aromatic rings. The van der Waals surface area contributed by atoms with Crippen molar-refractivity contribution in [2.75, 3.05) is 18.6 Å². The summed E-state index contributed by atoms with van der Waals surface area (Å²) in [7, 11) is 1.64. The number of aliphatic hydroxyl groups excluding tert-OH is 1. The number of rotatable bonds is 2. The van der Waals surface area contributed by atoms with Gasteiger partial charge >= 0.3 is 6.03 Å². The van der Waals surface area contributed by atoms with E-state index in [1.165, 1.54) is 9.80 Å². The first-order chi connectivity index (χ1) is 11.4. The molecule has 1 aromatic carbocycles. The minimum Gasteiger partial charge on any atom is -0.396 e. The van der Waals surface area contributed by atoms with Crippen LogP contribution in [0.15, 0.2) is 12.1 Å². The number of imide groups is 1. The van der Waals surface area contributed by atoms with Crippen LogP contribution in [0.4, 0.5) is 10.5 Å². The van der Waals surface area contributed by atoms with Crippen LogP contribution in [0, 0.1) is 31.1 Å². The molecule has 3 amide bonds. The van der Waals surface area contributed by atoms with Crippen LogP contribution >= 0.6 is 0 Å². The largest absolute Gasteiger partial charge is 0.396 e. The van der Waals surface area contributed by atoms with Crippen LogP contribution < -0.4 is 4.90 Å². The van der Waals surface area contributed by atoms with E-state index in [1.54, 1.807) is 19.2 Å². The Hall–Kier alpha value is -2.39. The molecule has 0 aromatic heterocycles. The molecule has 1 aliphatic carbocycles. The molecule has 6 heteroatoms. The monoisotopic (exact) mass is 327 g/mol. The third-order valence-electron chi connectivity index (χ3n) is 5.78. The third kappa shape index (κ3) is 1.91. The van der Waals surface area contributed by atoms with Crippen molar-refractivity contribution in [3.8, 4) is 6.07 Å². The Morgan fingerprint density at radius 3 is 2.67 bits per heavy atom. The number of aliphatic hydroxyl groups is 1. The van der Waals surface area contributed by atoms with Gasteiger partial charge in [0.25, 0.3) is 5.91 Å². The van der Waals surface area contributed by atoms with Crippen molar-refractivity contribution in [2.45, 2.75) is 38.6 Å². The molecule has 1 saturated carbocycles. The Morgan fingerprint density at radius 2 is 2.04 bits per heavy atom. The molecule has 1 aliphatic heterocycles. The van der Waals surface area contributed by atoms with Gasteiger partial charge in [0, 0.05) is 19.6 Å². The van der Waals surface area contributed by atoms with Gasteiger partial charge in [0.2, 0.25) is 0 Å². The Labute approximate surface area is 141 Å². The van der Waals surface area contributed by atoms with Gasteiger partial charge in [-0.3, -0.25) is 4.79 Å². The Morgan fingerprint density at radius 1 is 1.33 bits per heavy atom. The standard InChI is InChI=1S/C18H21N3O3/c1-11-12(2)15(7-6-13(11)9-19)21-16(23)18(20(3)17(21)24)8-4-5-14(18)10-22/h6-7,14,22H,4-5,8,10H2,1-3H3. The summed E-state index contributed by atoms with van der Waals surface area (Å²) in [6, 6.07) is 5.05. The fraction of sp³-hybridized carbons (Fsp3) is 0.500. The Kier molecular flexibility index (Phi) is 3.84. The number of amides is 3. The smallest absolute Gasteiger partial charge is 0.332 e. The number of benzene rings is 1. The molecule has 1 N–H and O–H groups in total. The number of urea groups is 1. The summed E-state index contributed by atoms with van der Waals surface area (Å²) in [6.45, 7) is 3.52. The lowest BCUT2D eigenvalue weighted by Crippen LogP contribution is -2.52. The van der Waals surface area contributed by atoms with Crippen LogP contribution in [-0.2, 0) is 4.79 Å². The second-order valence-corrected chi connectivity index (χ2v) is 6.67. The molecule has 126 valence electrons. The van der Waals surface area contributed by atoms with Crippen molar-refractivity contribution in [3.63, 3.8) is 0 Å². The lowest BCUT2D eigenvalue weighted by molar-refractivity contribution is -0.127. The average Bonchev–Trinajstić information content (AvgIpc) is 3.09. The van der Waals surface area contributed by atoms with Gasteiger partial charge in [0.15, 0.2) is 0 Å². The van der Waals surface area contributed by atoms with E-state index in [9.17, 15) is 14.7 Å². The molecule has 2 aliphatic rings. The molecule has 1 spiro atoms. The molecule has 0 bridgehead atoms. The first kappa shape index (κ1) is 16.5. The number of carbonyl (C=O) groups excluding carboxylic acids is 2. The van der Waals surface area contributed by atoms with E-state index in [2.05, 4.69) is 6.07 Å². The summed E-state index contributed by atoms with van der Waals surface area (Å²) >= 11 is 0. The zero-order valence-electron chi connectivity index (χ0n) is 14.2. The van der Waals surface area contributed by atoms with E-state index in [0.29, 0.717) is 17.7 Å². The molecule has 0 radical (unpaired) electrons. The van der Waals surface area contributed by atoms with Crippen LogP contribution in [0.1, 0.15) is 36.0 Å². The number of nitriles is 1. The number of hydrogen-bond donors (Lipinski definition) is 1. The zero-order chi connectivity index (χ0) is 17.6. The highest BCUT2D eigenvalue weighted by Crippen LogP contribution is 2.46. The molecule has 6 nitrogen and oxygen atoms in total. The summed E-state index contributed by atoms with van der Waals surface area (Å²) in [5.41, 5.74) is 1.63. The van der Waals surface area contributed by atoms with Crippen LogP contribution in [0.3, 0.4) is 0 Å². The lowest BCUT2D eigenvalue weighted by atomic mass is 9.86. The molecule has 1 heterocycles. The van der Waals surface area contributed by atoms with Crippen molar-refractivity contribution in [1.82, 2.24) is 4.90 Å². The maximum Gasteiger partial charge on any atom is 0.332 e. The number of anilines is 1. The Balaban J connectivity index is 2.11. The number of carbonyl (C=O) groups is 2. The predicted octanol–water partition coefficient (Wildman–Crippen LogP) is 2.10. The maximum absolute atomic E-state index is 13.2. The van der Waals surface area contributed by atoms with Crippen molar-refractivity contribution < 1.29 is 14.7 Å². The van der Waals surface area contributed by atoms with Gasteiger partial charge in [0.1, 0.15) is 5.54 Å². The van der Waals surface area contributed by atoms with Gasteiger partial charge in [-0.1, -0.05) is 6.42 Å². The zero-order valence-corrected chi connectivity index (χ0v) is 14.2. The highest BCUT2D eigenvalue weighted by atomic mass is 16.3. The van der Waals surface area contributed by atoms with Gasteiger partial charge in [-0.25, -0.2) is 9.69 Å². The van der Waals surface area contributed by atoms with E-state index in [-0.39, 0.29) is 24.5 Å². The second-order valence-electron chi connectivity index (χ2n) is 6.67. The number of likely N-dealkylation sites (N-methyl/N-ethyl adjacent to an activating group) is 1. The SMILES string of the molecule is Cc1c(C#N)ccc(N2C(=O)N(C)C3(CCCC3CO)C2=O)c1C. The fourth-order valence-corrected chi connectivity index (χ4v) is 4.15. The topological polar surface area (TPSA) is 84.6 Å². The van der Waals surface area contributed by atoms with E-state index >= 15 is 0 Å². The van der Waals surface area contributed by atoms with Gasteiger partial charge < -0.3 is 10.0 Å². The van der Waals surface area contributed by atoms with E-state index in [1.807, 2.05) is 13.8 Å². The summed E-state index contributed by atoms with van der Waals surface area (Å²) in [5.74, 6) is -0.498. The second kappa shape index (κ2) is 5.60. The highest BCUT2D eigenvalue weighted by Gasteiger charge is 2.61. The van der Waals surface area contributed by atoms with Crippen LogP contribution in [0.25, 0.3) is 0 Å². The number of hydrogen-bond acceptors (Lipinski definition) is 4. The molecule has 2 atom stereocenters. The van der Waals surface area contributed by atoms with Gasteiger partial charge in [-0.15, -0.1) is 0 Å². The van der Waals surface area contributed by atoms with Crippen molar-refractivity contribution >= 4 is 17.6 Å². The van der Waals surface area contributed by atoms with E-state index in [0.717, 1.165) is 24.0 Å². The van der Waals surface area contributed by atoms with E-state index in [4.69, 9.17) is 5.26 Å². The van der Waals surface area contributed by atoms with Gasteiger partial charge in [-0.05, 0) is 49.9 Å². The molecule has 1 saturated heterocycles. The molecule has 3 rings (SSSR count). The molecule has 24 heavy (non-hydrogen) atoms. The van der Waals surface area contributed by atoms with Crippen molar-refractivity contribution in [3.05, 3.63) is 28.8 Å². The van der Waals surface area contributed by atoms with E-state index < -0.39 is 5.54 Å². The third-order valence-corrected chi connectivity index (χ3v) is 5.78. The fourth-order valence-electron chi connectivity index (χ4n) is 4.15. The summed E-state index contributed by atoms with van der Waals surface area (Å²) < 4.78 is 0. The normalized spacial score (nSPS) is 26.5. The van der Waals surface area contributed by atoms with Crippen molar-refractivity contribution in [1.29, 1.82) is 5.26 Å². The maximum atomic E-state index is 13.2. The van der Waals surface area contributed by atoms with Gasteiger partial charge in [0.05, 0.1) is 17.3 Å². The van der Waals surface area contributed by atoms with Gasteiger partial charge in [-0.2, -0.15) is 5.26 Å². The minimum atomic E-state index is -0.944. The molecular weight excluding hydrogens is 306 g/mol. The Bertz CT molecular complexity index is 768. The summed E-state index contributed by atoms with van der Waals surface area (Å²) in [4.78, 5) is 28.8. The highest BCUT2D eigenvalue weighted by molar-refractivity contribution is 6.23.